The van der Waals surface area contributed by atoms with Gasteiger partial charge in [0.1, 0.15) is 0 Å². The van der Waals surface area contributed by atoms with E-state index < -0.39 is 0 Å². The van der Waals surface area contributed by atoms with E-state index in [4.69, 9.17) is 0 Å². The van der Waals surface area contributed by atoms with E-state index in [1.165, 1.54) is 0 Å². The Kier molecular flexibility index (Phi) is 6.81. The number of hydrogen-bond acceptors (Lipinski definition) is 1. The lowest BCUT2D eigenvalue weighted by atomic mass is 9.82. The van der Waals surface area contributed by atoms with Gasteiger partial charge in [-0.15, -0.1) is 0 Å². The van der Waals surface area contributed by atoms with Crippen LogP contribution in [0.1, 0.15) is 61.8 Å². The van der Waals surface area contributed by atoms with Crippen LogP contribution in [-0.4, -0.2) is 22.9 Å². The molecule has 0 atom stereocenters. The Hall–Kier alpha value is -0.530. The number of carbonyl (C=O) groups is 1. The second kappa shape index (κ2) is 7.03. The van der Waals surface area contributed by atoms with E-state index in [0.717, 1.165) is 0 Å². The molecule has 0 aliphatic heterocycles. The predicted octanol–water partition coefficient (Wildman–Crippen LogP) is 3.95. The Bertz CT molecular complexity index is 215. The Morgan fingerprint density at radius 2 is 1.18 bits per heavy atom. The van der Waals surface area contributed by atoms with Crippen LogP contribution in [-0.2, 0) is 4.79 Å². The second-order valence-corrected chi connectivity index (χ2v) is 6.34. The van der Waals surface area contributed by atoms with Gasteiger partial charge in [0, 0.05) is 18.5 Å². The summed E-state index contributed by atoms with van der Waals surface area (Å²) < 4.78 is 0. The summed E-state index contributed by atoms with van der Waals surface area (Å²) >= 11 is 0. The van der Waals surface area contributed by atoms with Crippen LogP contribution >= 0.6 is 0 Å². The van der Waals surface area contributed by atoms with E-state index >= 15 is 0 Å². The van der Waals surface area contributed by atoms with E-state index in [9.17, 15) is 4.79 Å². The first-order valence-electron chi connectivity index (χ1n) is 6.99. The SMILES string of the molecule is CC(C)C(CC(=O)N(C(C)C)C(C)C)C(C)C. The summed E-state index contributed by atoms with van der Waals surface area (Å²) in [5.41, 5.74) is 0. The molecule has 0 rings (SSSR count). The van der Waals surface area contributed by atoms with E-state index in [-0.39, 0.29) is 0 Å². The van der Waals surface area contributed by atoms with Gasteiger partial charge in [0.25, 0.3) is 0 Å². The monoisotopic (exact) mass is 241 g/mol. The van der Waals surface area contributed by atoms with E-state index in [0.29, 0.717) is 42.2 Å². The van der Waals surface area contributed by atoms with Crippen LogP contribution in [0, 0.1) is 17.8 Å². The molecule has 0 aromatic heterocycles. The predicted molar refractivity (Wildman–Crippen MR) is 74.9 cm³/mol. The first-order valence-corrected chi connectivity index (χ1v) is 6.99. The Labute approximate surface area is 108 Å². The molecule has 0 aliphatic rings. The molecule has 2 nitrogen and oxygen atoms in total. The van der Waals surface area contributed by atoms with Crippen LogP contribution < -0.4 is 0 Å². The highest BCUT2D eigenvalue weighted by molar-refractivity contribution is 5.77. The van der Waals surface area contributed by atoms with Crippen LogP contribution in [0.4, 0.5) is 0 Å². The molecule has 0 fully saturated rings. The average molecular weight is 241 g/mol. The molecule has 1 amide bonds. The van der Waals surface area contributed by atoms with Crippen molar-refractivity contribution in [2.24, 2.45) is 17.8 Å². The lowest BCUT2D eigenvalue weighted by molar-refractivity contribution is -0.136. The Balaban J connectivity index is 4.69. The molecule has 0 spiro atoms. The minimum absolute atomic E-state index is 0.294. The molecule has 0 saturated heterocycles. The molecule has 2 heteroatoms. The molecule has 0 aliphatic carbocycles. The van der Waals surface area contributed by atoms with Crippen molar-refractivity contribution in [3.63, 3.8) is 0 Å². The number of carbonyl (C=O) groups excluding carboxylic acids is 1. The first-order chi connectivity index (χ1) is 7.68. The molecule has 0 radical (unpaired) electrons. The van der Waals surface area contributed by atoms with Crippen molar-refractivity contribution in [2.45, 2.75) is 73.9 Å². The van der Waals surface area contributed by atoms with Crippen LogP contribution in [0.15, 0.2) is 0 Å². The summed E-state index contributed by atoms with van der Waals surface area (Å²) in [5, 5.41) is 0. The third kappa shape index (κ3) is 5.10. The maximum atomic E-state index is 12.4. The van der Waals surface area contributed by atoms with Crippen LogP contribution in [0.3, 0.4) is 0 Å². The summed E-state index contributed by atoms with van der Waals surface area (Å²) in [6.45, 7) is 17.2. The van der Waals surface area contributed by atoms with Gasteiger partial charge >= 0.3 is 0 Å². The topological polar surface area (TPSA) is 20.3 Å². The maximum Gasteiger partial charge on any atom is 0.223 e. The normalized spacial score (nSPS) is 12.3. The van der Waals surface area contributed by atoms with E-state index in [1.807, 2.05) is 4.90 Å². The summed E-state index contributed by atoms with van der Waals surface area (Å²) in [6.07, 6.45) is 0.686. The fourth-order valence-corrected chi connectivity index (χ4v) is 2.72. The third-order valence-electron chi connectivity index (χ3n) is 3.52. The first kappa shape index (κ1) is 16.5. The summed E-state index contributed by atoms with van der Waals surface area (Å²) in [5.74, 6) is 1.94. The second-order valence-electron chi connectivity index (χ2n) is 6.34. The van der Waals surface area contributed by atoms with Gasteiger partial charge in [0.15, 0.2) is 0 Å². The van der Waals surface area contributed by atoms with Gasteiger partial charge in [-0.1, -0.05) is 27.7 Å². The van der Waals surface area contributed by atoms with Crippen molar-refractivity contribution in [1.29, 1.82) is 0 Å². The van der Waals surface area contributed by atoms with Gasteiger partial charge < -0.3 is 4.90 Å². The zero-order valence-electron chi connectivity index (χ0n) is 12.9. The number of amides is 1. The van der Waals surface area contributed by atoms with Gasteiger partial charge in [-0.3, -0.25) is 4.79 Å². The van der Waals surface area contributed by atoms with E-state index in [1.54, 1.807) is 0 Å². The van der Waals surface area contributed by atoms with Crippen molar-refractivity contribution in [1.82, 2.24) is 4.90 Å². The van der Waals surface area contributed by atoms with Gasteiger partial charge in [-0.25, -0.2) is 0 Å². The van der Waals surface area contributed by atoms with Crippen molar-refractivity contribution in [3.8, 4) is 0 Å². The van der Waals surface area contributed by atoms with Crippen LogP contribution in [0.2, 0.25) is 0 Å². The molecular weight excluding hydrogens is 210 g/mol. The molecule has 0 unspecified atom stereocenters. The van der Waals surface area contributed by atoms with Gasteiger partial charge in [-0.2, -0.15) is 0 Å². The molecule has 17 heavy (non-hydrogen) atoms. The molecule has 0 aromatic rings. The average Bonchev–Trinajstić information content (AvgIpc) is 2.11. The van der Waals surface area contributed by atoms with E-state index in [2.05, 4.69) is 55.4 Å². The van der Waals surface area contributed by atoms with Gasteiger partial charge in [0.2, 0.25) is 5.91 Å². The summed E-state index contributed by atoms with van der Waals surface area (Å²) in [4.78, 5) is 14.4. The molecule has 0 saturated carbocycles. The largest absolute Gasteiger partial charge is 0.338 e. The summed E-state index contributed by atoms with van der Waals surface area (Å²) in [6, 6.07) is 0.588. The van der Waals surface area contributed by atoms with Crippen molar-refractivity contribution in [2.75, 3.05) is 0 Å². The molecule has 102 valence electrons. The standard InChI is InChI=1S/C15H31NO/c1-10(2)14(11(3)4)9-15(17)16(12(5)6)13(7)8/h10-14H,9H2,1-8H3. The van der Waals surface area contributed by atoms with Gasteiger partial charge in [0.05, 0.1) is 0 Å². The Morgan fingerprint density at radius 3 is 1.41 bits per heavy atom. The number of nitrogens with zero attached hydrogens (tertiary/aromatic N) is 1. The molecule has 0 aromatic carbocycles. The molecular formula is C15H31NO. The smallest absolute Gasteiger partial charge is 0.223 e. The van der Waals surface area contributed by atoms with Crippen molar-refractivity contribution < 1.29 is 4.79 Å². The Morgan fingerprint density at radius 1 is 0.824 bits per heavy atom. The van der Waals surface area contributed by atoms with Crippen molar-refractivity contribution >= 4 is 5.91 Å². The quantitative estimate of drug-likeness (QED) is 0.689. The molecule has 0 heterocycles. The fraction of sp³-hybridized carbons (Fsp3) is 0.933. The van der Waals surface area contributed by atoms with Gasteiger partial charge in [-0.05, 0) is 45.4 Å². The lowest BCUT2D eigenvalue weighted by Gasteiger charge is -2.34. The zero-order valence-corrected chi connectivity index (χ0v) is 12.9. The zero-order chi connectivity index (χ0) is 13.7. The van der Waals surface area contributed by atoms with Crippen molar-refractivity contribution in [3.05, 3.63) is 0 Å². The minimum Gasteiger partial charge on any atom is -0.338 e. The summed E-state index contributed by atoms with van der Waals surface area (Å²) in [7, 11) is 0. The van der Waals surface area contributed by atoms with Crippen LogP contribution in [0.25, 0.3) is 0 Å². The highest BCUT2D eigenvalue weighted by atomic mass is 16.2. The lowest BCUT2D eigenvalue weighted by Crippen LogP contribution is -2.43. The number of hydrogen-bond donors (Lipinski definition) is 0. The third-order valence-corrected chi connectivity index (χ3v) is 3.52. The molecule has 0 N–H and O–H groups in total. The highest BCUT2D eigenvalue weighted by Crippen LogP contribution is 2.25. The minimum atomic E-state index is 0.294. The maximum absolute atomic E-state index is 12.4. The number of rotatable bonds is 6. The highest BCUT2D eigenvalue weighted by Gasteiger charge is 2.26. The van der Waals surface area contributed by atoms with Crippen LogP contribution in [0.5, 0.6) is 0 Å². The fourth-order valence-electron chi connectivity index (χ4n) is 2.72. The molecule has 0 bridgehead atoms.